The summed E-state index contributed by atoms with van der Waals surface area (Å²) in [6.07, 6.45) is 2.01. The van der Waals surface area contributed by atoms with Gasteiger partial charge in [0, 0.05) is 55.5 Å². The number of benzene rings is 1. The van der Waals surface area contributed by atoms with Crippen molar-refractivity contribution in [3.8, 4) is 11.5 Å². The molecule has 148 valence electrons. The largest absolute Gasteiger partial charge is 0.493 e. The van der Waals surface area contributed by atoms with Gasteiger partial charge in [-0.2, -0.15) is 0 Å². The second-order valence-corrected chi connectivity index (χ2v) is 7.86. The van der Waals surface area contributed by atoms with Crippen molar-refractivity contribution < 1.29 is 14.6 Å². The molecule has 0 bridgehead atoms. The number of rotatable bonds is 9. The SMILES string of the molecule is COc1cc(Cl)cc(CN2CCN(CCC(C)C)[C@H](CCO)C2)c1OC. The molecule has 1 heterocycles. The van der Waals surface area contributed by atoms with Crippen LogP contribution in [0.3, 0.4) is 0 Å². The molecule has 0 aliphatic carbocycles. The quantitative estimate of drug-likeness (QED) is 0.707. The number of aliphatic hydroxyl groups is 1. The van der Waals surface area contributed by atoms with Gasteiger partial charge in [0.25, 0.3) is 0 Å². The Bertz CT molecular complexity index is 568. The lowest BCUT2D eigenvalue weighted by atomic mass is 10.0. The maximum atomic E-state index is 9.48. The van der Waals surface area contributed by atoms with Crippen LogP contribution in [0.2, 0.25) is 5.02 Å². The predicted octanol–water partition coefficient (Wildman–Crippen LogP) is 3.27. The van der Waals surface area contributed by atoms with Gasteiger partial charge in [0.15, 0.2) is 11.5 Å². The summed E-state index contributed by atoms with van der Waals surface area (Å²) in [5.74, 6) is 2.11. The number of ether oxygens (including phenoxy) is 2. The van der Waals surface area contributed by atoms with Crippen LogP contribution in [0, 0.1) is 5.92 Å². The second kappa shape index (κ2) is 10.4. The molecule has 1 N–H and O–H groups in total. The van der Waals surface area contributed by atoms with Gasteiger partial charge in [-0.3, -0.25) is 9.80 Å². The molecule has 0 saturated carbocycles. The van der Waals surface area contributed by atoms with Crippen LogP contribution in [0.4, 0.5) is 0 Å². The van der Waals surface area contributed by atoms with E-state index in [1.165, 1.54) is 6.42 Å². The Balaban J connectivity index is 2.08. The zero-order valence-electron chi connectivity index (χ0n) is 16.5. The van der Waals surface area contributed by atoms with Crippen molar-refractivity contribution in [1.29, 1.82) is 0 Å². The third kappa shape index (κ3) is 5.74. The Hall–Kier alpha value is -1.01. The topological polar surface area (TPSA) is 45.2 Å². The highest BCUT2D eigenvalue weighted by Gasteiger charge is 2.27. The molecule has 1 aromatic carbocycles. The highest BCUT2D eigenvalue weighted by Crippen LogP contribution is 2.35. The van der Waals surface area contributed by atoms with Gasteiger partial charge in [-0.1, -0.05) is 25.4 Å². The first-order chi connectivity index (χ1) is 12.5. The van der Waals surface area contributed by atoms with Crippen LogP contribution in [-0.4, -0.2) is 68.0 Å². The van der Waals surface area contributed by atoms with Crippen molar-refractivity contribution in [2.24, 2.45) is 5.92 Å². The summed E-state index contributed by atoms with van der Waals surface area (Å²) in [7, 11) is 3.29. The highest BCUT2D eigenvalue weighted by atomic mass is 35.5. The van der Waals surface area contributed by atoms with E-state index < -0.39 is 0 Å². The van der Waals surface area contributed by atoms with Crippen molar-refractivity contribution >= 4 is 11.6 Å². The van der Waals surface area contributed by atoms with E-state index in [9.17, 15) is 5.11 Å². The molecule has 1 aliphatic heterocycles. The molecule has 0 unspecified atom stereocenters. The fourth-order valence-corrected chi connectivity index (χ4v) is 3.84. The van der Waals surface area contributed by atoms with Crippen molar-refractivity contribution in [2.75, 3.05) is 47.0 Å². The third-order valence-electron chi connectivity index (χ3n) is 5.06. The monoisotopic (exact) mass is 384 g/mol. The number of aliphatic hydroxyl groups excluding tert-OH is 1. The maximum absolute atomic E-state index is 9.48. The van der Waals surface area contributed by atoms with Crippen LogP contribution in [0.25, 0.3) is 0 Å². The zero-order chi connectivity index (χ0) is 19.1. The van der Waals surface area contributed by atoms with Gasteiger partial charge in [-0.05, 0) is 31.4 Å². The number of halogens is 1. The molecule has 1 atom stereocenters. The lowest BCUT2D eigenvalue weighted by Crippen LogP contribution is -2.53. The van der Waals surface area contributed by atoms with E-state index in [4.69, 9.17) is 21.1 Å². The fourth-order valence-electron chi connectivity index (χ4n) is 3.61. The van der Waals surface area contributed by atoms with Gasteiger partial charge >= 0.3 is 0 Å². The Morgan fingerprint density at radius 3 is 2.62 bits per heavy atom. The molecule has 0 radical (unpaired) electrons. The Labute approximate surface area is 162 Å². The van der Waals surface area contributed by atoms with Gasteiger partial charge in [-0.15, -0.1) is 0 Å². The molecule has 0 aromatic heterocycles. The molecule has 0 amide bonds. The lowest BCUT2D eigenvalue weighted by Gasteiger charge is -2.42. The average molecular weight is 385 g/mol. The molecule has 1 fully saturated rings. The number of hydrogen-bond acceptors (Lipinski definition) is 5. The molecule has 0 spiro atoms. The Morgan fingerprint density at radius 2 is 2.00 bits per heavy atom. The van der Waals surface area contributed by atoms with E-state index in [1.54, 1.807) is 20.3 Å². The summed E-state index contributed by atoms with van der Waals surface area (Å²) in [5.41, 5.74) is 1.04. The van der Waals surface area contributed by atoms with E-state index >= 15 is 0 Å². The summed E-state index contributed by atoms with van der Waals surface area (Å²) >= 11 is 6.25. The van der Waals surface area contributed by atoms with Gasteiger partial charge in [0.05, 0.1) is 14.2 Å². The molecule has 1 aliphatic rings. The van der Waals surface area contributed by atoms with E-state index in [0.717, 1.165) is 50.5 Å². The van der Waals surface area contributed by atoms with E-state index in [2.05, 4.69) is 23.6 Å². The van der Waals surface area contributed by atoms with Crippen LogP contribution < -0.4 is 9.47 Å². The van der Waals surface area contributed by atoms with E-state index in [0.29, 0.717) is 22.7 Å². The standard InChI is InChI=1S/C20H33ClN2O3/c1-15(2)5-7-23-9-8-22(14-18(23)6-10-24)13-16-11-17(21)12-19(25-3)20(16)26-4/h11-12,15,18,24H,5-10,13-14H2,1-4H3/t18-/m1/s1. The zero-order valence-corrected chi connectivity index (χ0v) is 17.3. The maximum Gasteiger partial charge on any atom is 0.165 e. The van der Waals surface area contributed by atoms with E-state index in [1.807, 2.05) is 6.07 Å². The Morgan fingerprint density at radius 1 is 1.23 bits per heavy atom. The predicted molar refractivity (Wildman–Crippen MR) is 106 cm³/mol. The smallest absolute Gasteiger partial charge is 0.165 e. The van der Waals surface area contributed by atoms with Crippen LogP contribution in [0.1, 0.15) is 32.3 Å². The molecule has 5 nitrogen and oxygen atoms in total. The number of hydrogen-bond donors (Lipinski definition) is 1. The van der Waals surface area contributed by atoms with Gasteiger partial charge in [0.1, 0.15) is 0 Å². The first-order valence-electron chi connectivity index (χ1n) is 9.46. The van der Waals surface area contributed by atoms with Crippen LogP contribution in [0.15, 0.2) is 12.1 Å². The van der Waals surface area contributed by atoms with Crippen LogP contribution >= 0.6 is 11.6 Å². The minimum absolute atomic E-state index is 0.227. The van der Waals surface area contributed by atoms with E-state index in [-0.39, 0.29) is 6.61 Å². The third-order valence-corrected chi connectivity index (χ3v) is 5.28. The number of piperazine rings is 1. The molecular formula is C20H33ClN2O3. The van der Waals surface area contributed by atoms with Gasteiger partial charge in [-0.25, -0.2) is 0 Å². The van der Waals surface area contributed by atoms with Crippen LogP contribution in [0.5, 0.6) is 11.5 Å². The summed E-state index contributed by atoms with van der Waals surface area (Å²) in [4.78, 5) is 4.95. The second-order valence-electron chi connectivity index (χ2n) is 7.42. The first kappa shape index (κ1) is 21.3. The molecule has 1 saturated heterocycles. The highest BCUT2D eigenvalue weighted by molar-refractivity contribution is 6.30. The summed E-state index contributed by atoms with van der Waals surface area (Å²) < 4.78 is 11.0. The normalized spacial score (nSPS) is 19.1. The Kier molecular flexibility index (Phi) is 8.48. The lowest BCUT2D eigenvalue weighted by molar-refractivity contribution is 0.0520. The molecule has 26 heavy (non-hydrogen) atoms. The van der Waals surface area contributed by atoms with Crippen molar-refractivity contribution in [2.45, 2.75) is 39.3 Å². The van der Waals surface area contributed by atoms with Gasteiger partial charge < -0.3 is 14.6 Å². The minimum atomic E-state index is 0.227. The summed E-state index contributed by atoms with van der Waals surface area (Å²) in [5, 5.41) is 10.1. The minimum Gasteiger partial charge on any atom is -0.493 e. The van der Waals surface area contributed by atoms with Gasteiger partial charge in [0.2, 0.25) is 0 Å². The molecule has 1 aromatic rings. The van der Waals surface area contributed by atoms with Crippen molar-refractivity contribution in [1.82, 2.24) is 9.80 Å². The summed E-state index contributed by atoms with van der Waals surface area (Å²) in [6.45, 7) is 9.58. The van der Waals surface area contributed by atoms with Crippen molar-refractivity contribution in [3.63, 3.8) is 0 Å². The molecular weight excluding hydrogens is 352 g/mol. The number of methoxy groups -OCH3 is 2. The molecule has 2 rings (SSSR count). The fraction of sp³-hybridized carbons (Fsp3) is 0.700. The average Bonchev–Trinajstić information content (AvgIpc) is 2.60. The first-order valence-corrected chi connectivity index (χ1v) is 9.83. The number of nitrogens with zero attached hydrogens (tertiary/aromatic N) is 2. The van der Waals surface area contributed by atoms with Crippen LogP contribution in [-0.2, 0) is 6.54 Å². The summed E-state index contributed by atoms with van der Waals surface area (Å²) in [6, 6.07) is 4.12. The molecule has 6 heteroatoms. The van der Waals surface area contributed by atoms with Crippen molar-refractivity contribution in [3.05, 3.63) is 22.7 Å².